The molecule has 0 atom stereocenters. The molecule has 0 amide bonds. The van der Waals surface area contributed by atoms with Gasteiger partial charge in [0.15, 0.2) is 0 Å². The minimum atomic E-state index is -0.552. The van der Waals surface area contributed by atoms with Crippen molar-refractivity contribution in [3.8, 4) is 5.69 Å². The Hall–Kier alpha value is -2.72. The molecule has 0 aliphatic heterocycles. The lowest BCUT2D eigenvalue weighted by Gasteiger charge is -2.16. The molecule has 0 unspecified atom stereocenters. The third-order valence-electron chi connectivity index (χ3n) is 4.88. The fourth-order valence-electron chi connectivity index (χ4n) is 3.23. The third-order valence-corrected chi connectivity index (χ3v) is 5.86. The first kappa shape index (κ1) is 21.5. The molecule has 0 aliphatic rings. The molecule has 160 valence electrons. The lowest BCUT2D eigenvalue weighted by Crippen LogP contribution is -2.28. The van der Waals surface area contributed by atoms with E-state index >= 15 is 0 Å². The van der Waals surface area contributed by atoms with Crippen LogP contribution in [0.15, 0.2) is 64.3 Å². The Morgan fingerprint density at radius 3 is 2.68 bits per heavy atom. The van der Waals surface area contributed by atoms with Gasteiger partial charge in [0, 0.05) is 23.5 Å². The average molecular weight is 505 g/mol. The molecular formula is C21H19BrClN5O3. The van der Waals surface area contributed by atoms with Gasteiger partial charge >= 0.3 is 0 Å². The van der Waals surface area contributed by atoms with Crippen molar-refractivity contribution in [2.24, 2.45) is 0 Å². The monoisotopic (exact) mass is 503 g/mol. The predicted octanol–water partition coefficient (Wildman–Crippen LogP) is 2.81. The van der Waals surface area contributed by atoms with E-state index < -0.39 is 6.04 Å². The molecule has 8 nitrogen and oxygen atoms in total. The minimum Gasteiger partial charge on any atom is -0.394 e. The number of benzene rings is 1. The Kier molecular flexibility index (Phi) is 6.38. The molecule has 0 spiro atoms. The maximum absolute atomic E-state index is 13.2. The van der Waals surface area contributed by atoms with E-state index in [1.165, 1.54) is 4.57 Å². The largest absolute Gasteiger partial charge is 0.394 e. The summed E-state index contributed by atoms with van der Waals surface area (Å²) in [4.78, 5) is 17.4. The highest BCUT2D eigenvalue weighted by Gasteiger charge is 2.14. The molecule has 3 heterocycles. The summed E-state index contributed by atoms with van der Waals surface area (Å²) in [5.74, 6) is 0.424. The number of fused-ring (bicyclic) bond motifs is 1. The van der Waals surface area contributed by atoms with Crippen molar-refractivity contribution < 1.29 is 10.2 Å². The number of rotatable bonds is 7. The van der Waals surface area contributed by atoms with E-state index in [1.54, 1.807) is 29.3 Å². The molecular weight excluding hydrogens is 486 g/mol. The number of pyridine rings is 2. The van der Waals surface area contributed by atoms with Crippen molar-refractivity contribution >= 4 is 44.3 Å². The van der Waals surface area contributed by atoms with Crippen LogP contribution in [0, 0.1) is 0 Å². The van der Waals surface area contributed by atoms with Crippen molar-refractivity contribution in [1.82, 2.24) is 19.3 Å². The molecule has 0 saturated heterocycles. The molecule has 1 aromatic carbocycles. The molecule has 0 fully saturated rings. The van der Waals surface area contributed by atoms with Crippen LogP contribution in [-0.4, -0.2) is 48.8 Å². The van der Waals surface area contributed by atoms with Crippen LogP contribution in [-0.2, 0) is 6.54 Å². The molecule has 4 aromatic rings. The molecule has 0 bridgehead atoms. The van der Waals surface area contributed by atoms with E-state index in [0.717, 1.165) is 5.56 Å². The highest BCUT2D eigenvalue weighted by atomic mass is 79.9. The lowest BCUT2D eigenvalue weighted by molar-refractivity contribution is 0.203. The summed E-state index contributed by atoms with van der Waals surface area (Å²) in [5.41, 5.74) is 1.94. The average Bonchev–Trinajstić information content (AvgIpc) is 3.19. The van der Waals surface area contributed by atoms with Crippen molar-refractivity contribution in [1.29, 1.82) is 0 Å². The van der Waals surface area contributed by atoms with Crippen LogP contribution in [0.25, 0.3) is 16.6 Å². The van der Waals surface area contributed by atoms with Gasteiger partial charge in [-0.05, 0) is 33.6 Å². The zero-order valence-electron chi connectivity index (χ0n) is 16.2. The maximum atomic E-state index is 13.2. The first-order chi connectivity index (χ1) is 15.0. The SMILES string of the molecule is O=c1c2cnn(Cc3ccccc3Cl)c2ccn1-c1cc(NC(CO)CO)ncc1Br. The lowest BCUT2D eigenvalue weighted by atomic mass is 10.2. The molecule has 0 aliphatic carbocycles. The van der Waals surface area contributed by atoms with Crippen molar-refractivity contribution in [2.45, 2.75) is 12.6 Å². The van der Waals surface area contributed by atoms with Crippen molar-refractivity contribution in [3.63, 3.8) is 0 Å². The number of nitrogens with zero attached hydrogens (tertiary/aromatic N) is 4. The normalized spacial score (nSPS) is 11.4. The number of hydrogen-bond acceptors (Lipinski definition) is 6. The Balaban J connectivity index is 1.73. The van der Waals surface area contributed by atoms with Gasteiger partial charge in [-0.25, -0.2) is 4.98 Å². The fraction of sp³-hybridized carbons (Fsp3) is 0.190. The molecule has 31 heavy (non-hydrogen) atoms. The number of anilines is 1. The Morgan fingerprint density at radius 1 is 1.16 bits per heavy atom. The summed E-state index contributed by atoms with van der Waals surface area (Å²) < 4.78 is 3.85. The summed E-state index contributed by atoms with van der Waals surface area (Å²) in [6.07, 6.45) is 4.78. The van der Waals surface area contributed by atoms with E-state index in [-0.39, 0.29) is 18.8 Å². The fourth-order valence-corrected chi connectivity index (χ4v) is 3.83. The molecule has 3 N–H and O–H groups in total. The summed E-state index contributed by atoms with van der Waals surface area (Å²) in [7, 11) is 0. The van der Waals surface area contributed by atoms with E-state index in [4.69, 9.17) is 11.6 Å². The summed E-state index contributed by atoms with van der Waals surface area (Å²) >= 11 is 9.70. The second kappa shape index (κ2) is 9.19. The Labute approximate surface area is 190 Å². The van der Waals surface area contributed by atoms with Gasteiger partial charge in [0.05, 0.1) is 53.1 Å². The van der Waals surface area contributed by atoms with Gasteiger partial charge in [-0.2, -0.15) is 5.10 Å². The minimum absolute atomic E-state index is 0.235. The number of nitrogens with one attached hydrogen (secondary N) is 1. The summed E-state index contributed by atoms with van der Waals surface area (Å²) in [6.45, 7) is -0.0520. The van der Waals surface area contributed by atoms with Gasteiger partial charge < -0.3 is 15.5 Å². The summed E-state index contributed by atoms with van der Waals surface area (Å²) in [5, 5.41) is 27.0. The smallest absolute Gasteiger partial charge is 0.266 e. The second-order valence-electron chi connectivity index (χ2n) is 6.91. The van der Waals surface area contributed by atoms with E-state index in [2.05, 4.69) is 31.3 Å². The Bertz CT molecular complexity index is 1290. The number of halogens is 2. The van der Waals surface area contributed by atoms with Crippen LogP contribution in [0.3, 0.4) is 0 Å². The number of aliphatic hydroxyl groups is 2. The number of aliphatic hydroxyl groups excluding tert-OH is 2. The van der Waals surface area contributed by atoms with Gasteiger partial charge in [0.1, 0.15) is 5.82 Å². The summed E-state index contributed by atoms with van der Waals surface area (Å²) in [6, 6.07) is 10.5. The number of hydrogen-bond donors (Lipinski definition) is 3. The third kappa shape index (κ3) is 4.35. The Morgan fingerprint density at radius 2 is 1.94 bits per heavy atom. The van der Waals surface area contributed by atoms with Crippen molar-refractivity contribution in [2.75, 3.05) is 18.5 Å². The standard InChI is InChI=1S/C21H19BrClN5O3/c22-16-9-24-20(26-14(11-29)12-30)7-19(16)27-6-5-18-15(21(27)31)8-25-28(18)10-13-3-1-2-4-17(13)23/h1-9,14,29-30H,10-12H2,(H,24,26). The van der Waals surface area contributed by atoms with E-state index in [1.807, 2.05) is 30.3 Å². The second-order valence-corrected chi connectivity index (χ2v) is 8.17. The zero-order valence-corrected chi connectivity index (χ0v) is 18.6. The van der Waals surface area contributed by atoms with Gasteiger partial charge in [-0.15, -0.1) is 0 Å². The first-order valence-corrected chi connectivity index (χ1v) is 10.6. The number of aromatic nitrogens is 4. The quantitative estimate of drug-likeness (QED) is 0.357. The van der Waals surface area contributed by atoms with Crippen LogP contribution in [0.1, 0.15) is 5.56 Å². The van der Waals surface area contributed by atoms with E-state index in [0.29, 0.717) is 38.4 Å². The van der Waals surface area contributed by atoms with Crippen LogP contribution < -0.4 is 10.9 Å². The van der Waals surface area contributed by atoms with Gasteiger partial charge in [0.25, 0.3) is 5.56 Å². The molecule has 0 radical (unpaired) electrons. The maximum Gasteiger partial charge on any atom is 0.266 e. The van der Waals surface area contributed by atoms with Crippen LogP contribution >= 0.6 is 27.5 Å². The van der Waals surface area contributed by atoms with Gasteiger partial charge in [0.2, 0.25) is 0 Å². The predicted molar refractivity (Wildman–Crippen MR) is 123 cm³/mol. The highest BCUT2D eigenvalue weighted by Crippen LogP contribution is 2.24. The molecule has 0 saturated carbocycles. The molecule has 10 heteroatoms. The van der Waals surface area contributed by atoms with Gasteiger partial charge in [-0.1, -0.05) is 29.8 Å². The van der Waals surface area contributed by atoms with E-state index in [9.17, 15) is 15.0 Å². The molecule has 4 rings (SSSR count). The van der Waals surface area contributed by atoms with Crippen LogP contribution in [0.2, 0.25) is 5.02 Å². The van der Waals surface area contributed by atoms with Gasteiger partial charge in [-0.3, -0.25) is 14.0 Å². The topological polar surface area (TPSA) is 105 Å². The van der Waals surface area contributed by atoms with Crippen molar-refractivity contribution in [3.05, 3.63) is 80.4 Å². The van der Waals surface area contributed by atoms with Crippen LogP contribution in [0.5, 0.6) is 0 Å². The van der Waals surface area contributed by atoms with Crippen LogP contribution in [0.4, 0.5) is 5.82 Å². The molecule has 3 aromatic heterocycles. The first-order valence-electron chi connectivity index (χ1n) is 9.46. The highest BCUT2D eigenvalue weighted by molar-refractivity contribution is 9.10. The zero-order chi connectivity index (χ0) is 22.0.